The van der Waals surface area contributed by atoms with Crippen molar-refractivity contribution in [2.75, 3.05) is 5.32 Å². The molecule has 1 unspecified atom stereocenters. The van der Waals surface area contributed by atoms with Crippen LogP contribution in [-0.2, 0) is 9.59 Å². The zero-order valence-electron chi connectivity index (χ0n) is 13.5. The van der Waals surface area contributed by atoms with Crippen molar-refractivity contribution in [1.82, 2.24) is 10.9 Å². The van der Waals surface area contributed by atoms with Crippen molar-refractivity contribution in [3.05, 3.63) is 70.8 Å². The number of benzene rings is 2. The second-order valence-corrected chi connectivity index (χ2v) is 6.12. The van der Waals surface area contributed by atoms with Crippen LogP contribution in [0.1, 0.15) is 30.0 Å². The number of para-hydroxylation sites is 1. The molecule has 0 spiro atoms. The Morgan fingerprint density at radius 2 is 1.92 bits per heavy atom. The van der Waals surface area contributed by atoms with Gasteiger partial charge in [-0.25, -0.2) is 5.43 Å². The van der Waals surface area contributed by atoms with Crippen molar-refractivity contribution >= 4 is 35.2 Å². The molecule has 0 radical (unpaired) electrons. The first kappa shape index (κ1) is 17.2. The van der Waals surface area contributed by atoms with Gasteiger partial charge < -0.3 is 5.32 Å². The SMILES string of the molecule is O=C(/C=C/c1ccccc1Cl)Nc1ccccc1C1CCC(=O)NN1. The summed E-state index contributed by atoms with van der Waals surface area (Å²) in [6.45, 7) is 0. The second-order valence-electron chi connectivity index (χ2n) is 5.72. The zero-order valence-corrected chi connectivity index (χ0v) is 14.2. The molecule has 1 aliphatic rings. The summed E-state index contributed by atoms with van der Waals surface area (Å²) in [4.78, 5) is 23.5. The molecule has 1 saturated heterocycles. The van der Waals surface area contributed by atoms with E-state index in [4.69, 9.17) is 11.6 Å². The largest absolute Gasteiger partial charge is 0.322 e. The van der Waals surface area contributed by atoms with E-state index < -0.39 is 0 Å². The monoisotopic (exact) mass is 355 g/mol. The number of carbonyl (C=O) groups is 2. The summed E-state index contributed by atoms with van der Waals surface area (Å²) in [6.07, 6.45) is 4.26. The van der Waals surface area contributed by atoms with Crippen LogP contribution in [-0.4, -0.2) is 11.8 Å². The number of hydrogen-bond donors (Lipinski definition) is 3. The molecule has 25 heavy (non-hydrogen) atoms. The van der Waals surface area contributed by atoms with Crippen molar-refractivity contribution < 1.29 is 9.59 Å². The number of hydrazine groups is 1. The summed E-state index contributed by atoms with van der Waals surface area (Å²) in [6, 6.07) is 14.8. The fourth-order valence-corrected chi connectivity index (χ4v) is 2.87. The van der Waals surface area contributed by atoms with Crippen LogP contribution in [0.25, 0.3) is 6.08 Å². The van der Waals surface area contributed by atoms with Crippen molar-refractivity contribution in [1.29, 1.82) is 0 Å². The lowest BCUT2D eigenvalue weighted by Gasteiger charge is -2.26. The molecule has 0 aliphatic carbocycles. The number of rotatable bonds is 4. The predicted molar refractivity (Wildman–Crippen MR) is 98.8 cm³/mol. The number of halogens is 1. The average molecular weight is 356 g/mol. The van der Waals surface area contributed by atoms with Gasteiger partial charge in [0.25, 0.3) is 0 Å². The summed E-state index contributed by atoms with van der Waals surface area (Å²) in [5.41, 5.74) is 8.04. The van der Waals surface area contributed by atoms with Crippen molar-refractivity contribution in [2.24, 2.45) is 0 Å². The van der Waals surface area contributed by atoms with E-state index in [9.17, 15) is 9.59 Å². The molecule has 1 fully saturated rings. The zero-order chi connectivity index (χ0) is 17.6. The number of anilines is 1. The topological polar surface area (TPSA) is 70.2 Å². The Labute approximate surface area is 151 Å². The van der Waals surface area contributed by atoms with Crippen LogP contribution < -0.4 is 16.2 Å². The molecule has 6 heteroatoms. The first-order valence-corrected chi connectivity index (χ1v) is 8.38. The van der Waals surface area contributed by atoms with Crippen LogP contribution in [0, 0.1) is 0 Å². The van der Waals surface area contributed by atoms with Crippen LogP contribution in [0.3, 0.4) is 0 Å². The minimum atomic E-state index is -0.243. The van der Waals surface area contributed by atoms with Crippen LogP contribution in [0.5, 0.6) is 0 Å². The quantitative estimate of drug-likeness (QED) is 0.736. The Hall–Kier alpha value is -2.63. The summed E-state index contributed by atoms with van der Waals surface area (Å²) >= 11 is 6.08. The molecule has 2 amide bonds. The molecule has 5 nitrogen and oxygen atoms in total. The Balaban J connectivity index is 1.71. The minimum absolute atomic E-state index is 0.0274. The van der Waals surface area contributed by atoms with E-state index >= 15 is 0 Å². The van der Waals surface area contributed by atoms with Crippen molar-refractivity contribution in [3.63, 3.8) is 0 Å². The van der Waals surface area contributed by atoms with E-state index in [1.54, 1.807) is 12.1 Å². The summed E-state index contributed by atoms with van der Waals surface area (Å²) < 4.78 is 0. The molecule has 3 rings (SSSR count). The van der Waals surface area contributed by atoms with Crippen molar-refractivity contribution in [3.8, 4) is 0 Å². The highest BCUT2D eigenvalue weighted by Crippen LogP contribution is 2.27. The molecule has 1 atom stereocenters. The molecule has 1 aliphatic heterocycles. The lowest BCUT2D eigenvalue weighted by molar-refractivity contribution is -0.124. The molecule has 0 bridgehead atoms. The van der Waals surface area contributed by atoms with Gasteiger partial charge in [-0.3, -0.25) is 15.0 Å². The standard InChI is InChI=1S/C19H18ClN3O2/c20-15-7-3-1-5-13(15)9-11-18(24)21-16-8-4-2-6-14(16)17-10-12-19(25)23-22-17/h1-9,11,17,22H,10,12H2,(H,21,24)(H,23,25)/b11-9+. The average Bonchev–Trinajstić information content (AvgIpc) is 2.62. The van der Waals surface area contributed by atoms with E-state index in [1.807, 2.05) is 42.5 Å². The van der Waals surface area contributed by atoms with Crippen LogP contribution in [0.4, 0.5) is 5.69 Å². The molecular weight excluding hydrogens is 338 g/mol. The highest BCUT2D eigenvalue weighted by molar-refractivity contribution is 6.32. The van der Waals surface area contributed by atoms with E-state index in [0.717, 1.165) is 11.1 Å². The highest BCUT2D eigenvalue weighted by atomic mass is 35.5. The molecule has 3 N–H and O–H groups in total. The molecule has 0 saturated carbocycles. The molecular formula is C19H18ClN3O2. The van der Waals surface area contributed by atoms with Gasteiger partial charge in [-0.2, -0.15) is 0 Å². The Kier molecular flexibility index (Phi) is 5.48. The van der Waals surface area contributed by atoms with Gasteiger partial charge in [0, 0.05) is 23.2 Å². The fourth-order valence-electron chi connectivity index (χ4n) is 2.68. The number of carbonyl (C=O) groups excluding carboxylic acids is 2. The Bertz CT molecular complexity index is 810. The van der Waals surface area contributed by atoms with Gasteiger partial charge in [0.2, 0.25) is 11.8 Å². The van der Waals surface area contributed by atoms with Gasteiger partial charge in [0.05, 0.1) is 6.04 Å². The summed E-state index contributed by atoms with van der Waals surface area (Å²) in [7, 11) is 0. The highest BCUT2D eigenvalue weighted by Gasteiger charge is 2.21. The van der Waals surface area contributed by atoms with Gasteiger partial charge in [-0.1, -0.05) is 48.0 Å². The third kappa shape index (κ3) is 4.47. The van der Waals surface area contributed by atoms with Crippen LogP contribution in [0.15, 0.2) is 54.6 Å². The lowest BCUT2D eigenvalue weighted by atomic mass is 9.99. The van der Waals surface area contributed by atoms with E-state index in [-0.39, 0.29) is 17.9 Å². The van der Waals surface area contributed by atoms with Crippen LogP contribution >= 0.6 is 11.6 Å². The normalized spacial score (nSPS) is 17.3. The lowest BCUT2D eigenvalue weighted by Crippen LogP contribution is -2.44. The van der Waals surface area contributed by atoms with Gasteiger partial charge in [-0.05, 0) is 35.8 Å². The fraction of sp³-hybridized carbons (Fsp3) is 0.158. The Morgan fingerprint density at radius 1 is 1.16 bits per heavy atom. The molecule has 2 aromatic carbocycles. The number of amides is 2. The third-order valence-electron chi connectivity index (χ3n) is 3.96. The van der Waals surface area contributed by atoms with Crippen molar-refractivity contribution in [2.45, 2.75) is 18.9 Å². The Morgan fingerprint density at radius 3 is 2.68 bits per heavy atom. The first-order valence-electron chi connectivity index (χ1n) is 8.00. The summed E-state index contributed by atoms with van der Waals surface area (Å²) in [5, 5.41) is 3.48. The first-order chi connectivity index (χ1) is 12.1. The van der Waals surface area contributed by atoms with E-state index in [1.165, 1.54) is 6.08 Å². The van der Waals surface area contributed by atoms with Gasteiger partial charge in [0.1, 0.15) is 0 Å². The van der Waals surface area contributed by atoms with E-state index in [2.05, 4.69) is 16.2 Å². The molecule has 2 aromatic rings. The maximum atomic E-state index is 12.3. The third-order valence-corrected chi connectivity index (χ3v) is 4.30. The van der Waals surface area contributed by atoms with Gasteiger partial charge in [-0.15, -0.1) is 0 Å². The summed E-state index contributed by atoms with van der Waals surface area (Å²) in [5.74, 6) is -0.271. The maximum Gasteiger partial charge on any atom is 0.248 e. The molecule has 128 valence electrons. The molecule has 0 aromatic heterocycles. The van der Waals surface area contributed by atoms with Crippen LogP contribution in [0.2, 0.25) is 5.02 Å². The minimum Gasteiger partial charge on any atom is -0.322 e. The van der Waals surface area contributed by atoms with Gasteiger partial charge >= 0.3 is 0 Å². The predicted octanol–water partition coefficient (Wildman–Crippen LogP) is 3.45. The van der Waals surface area contributed by atoms with E-state index in [0.29, 0.717) is 23.6 Å². The van der Waals surface area contributed by atoms with Gasteiger partial charge in [0.15, 0.2) is 0 Å². The maximum absolute atomic E-state index is 12.3. The number of hydrogen-bond acceptors (Lipinski definition) is 3. The number of nitrogens with one attached hydrogen (secondary N) is 3. The molecule has 1 heterocycles. The second kappa shape index (κ2) is 7.96. The smallest absolute Gasteiger partial charge is 0.248 e.